The lowest BCUT2D eigenvalue weighted by molar-refractivity contribution is -0.114. The molecular formula is C22H21N3O3. The van der Waals surface area contributed by atoms with Crippen molar-refractivity contribution in [1.29, 1.82) is 0 Å². The van der Waals surface area contributed by atoms with Crippen LogP contribution in [0.2, 0.25) is 0 Å². The molecule has 1 N–H and O–H groups in total. The first-order chi connectivity index (χ1) is 13.4. The first-order valence-corrected chi connectivity index (χ1v) is 9.15. The summed E-state index contributed by atoms with van der Waals surface area (Å²) in [4.78, 5) is 41.1. The Kier molecular flexibility index (Phi) is 4.35. The molecule has 3 aromatic rings. The monoisotopic (exact) mass is 375 g/mol. The van der Waals surface area contributed by atoms with E-state index >= 15 is 0 Å². The summed E-state index contributed by atoms with van der Waals surface area (Å²) in [5.74, 6) is -0.730. The third kappa shape index (κ3) is 2.92. The predicted molar refractivity (Wildman–Crippen MR) is 110 cm³/mol. The molecule has 0 saturated heterocycles. The van der Waals surface area contributed by atoms with Gasteiger partial charge in [0, 0.05) is 36.7 Å². The number of hydrogen-bond donors (Lipinski definition) is 1. The topological polar surface area (TPSA) is 69.7 Å². The van der Waals surface area contributed by atoms with Crippen molar-refractivity contribution in [3.8, 4) is 0 Å². The zero-order valence-corrected chi connectivity index (χ0v) is 16.1. The molecule has 28 heavy (non-hydrogen) atoms. The summed E-state index contributed by atoms with van der Waals surface area (Å²) in [6.07, 6.45) is 0. The van der Waals surface area contributed by atoms with Gasteiger partial charge in [0.25, 0.3) is 11.8 Å². The number of fused-ring (bicyclic) bond motifs is 2. The van der Waals surface area contributed by atoms with E-state index in [0.29, 0.717) is 35.3 Å². The summed E-state index contributed by atoms with van der Waals surface area (Å²) in [7, 11) is 3.81. The fraction of sp³-hybridized carbons (Fsp3) is 0.227. The Morgan fingerprint density at radius 3 is 2.54 bits per heavy atom. The lowest BCUT2D eigenvalue weighted by Crippen LogP contribution is -2.43. The van der Waals surface area contributed by atoms with Gasteiger partial charge in [-0.05, 0) is 54.5 Å². The molecule has 0 atom stereocenters. The first-order valence-electron chi connectivity index (χ1n) is 9.15. The van der Waals surface area contributed by atoms with Gasteiger partial charge in [0.05, 0.1) is 5.56 Å². The van der Waals surface area contributed by atoms with E-state index in [1.54, 1.807) is 12.1 Å². The van der Waals surface area contributed by atoms with Crippen molar-refractivity contribution in [2.24, 2.45) is 0 Å². The van der Waals surface area contributed by atoms with E-state index in [-0.39, 0.29) is 17.7 Å². The van der Waals surface area contributed by atoms with E-state index in [1.807, 2.05) is 49.3 Å². The fourth-order valence-electron chi connectivity index (χ4n) is 3.73. The second kappa shape index (κ2) is 6.73. The van der Waals surface area contributed by atoms with Gasteiger partial charge in [0.2, 0.25) is 5.91 Å². The van der Waals surface area contributed by atoms with Crippen LogP contribution < -0.4 is 5.32 Å². The number of amides is 3. The van der Waals surface area contributed by atoms with Crippen molar-refractivity contribution in [3.05, 3.63) is 53.6 Å². The van der Waals surface area contributed by atoms with Crippen LogP contribution in [0.15, 0.2) is 42.5 Å². The molecule has 6 heteroatoms. The number of anilines is 1. The van der Waals surface area contributed by atoms with E-state index in [2.05, 4.69) is 5.32 Å². The van der Waals surface area contributed by atoms with Gasteiger partial charge in [-0.15, -0.1) is 0 Å². The van der Waals surface area contributed by atoms with E-state index in [1.165, 1.54) is 11.8 Å². The summed E-state index contributed by atoms with van der Waals surface area (Å²) >= 11 is 0. The predicted octanol–water partition coefficient (Wildman–Crippen LogP) is 3.11. The van der Waals surface area contributed by atoms with E-state index in [0.717, 1.165) is 16.2 Å². The van der Waals surface area contributed by atoms with Crippen molar-refractivity contribution in [2.75, 3.05) is 32.5 Å². The van der Waals surface area contributed by atoms with E-state index in [4.69, 9.17) is 0 Å². The van der Waals surface area contributed by atoms with Crippen LogP contribution in [0.25, 0.3) is 21.5 Å². The zero-order valence-electron chi connectivity index (χ0n) is 16.1. The smallest absolute Gasteiger partial charge is 0.262 e. The lowest BCUT2D eigenvalue weighted by Gasteiger charge is -2.29. The number of rotatable bonds is 4. The highest BCUT2D eigenvalue weighted by Crippen LogP contribution is 2.36. The molecule has 0 spiro atoms. The molecule has 0 bridgehead atoms. The second-order valence-electron chi connectivity index (χ2n) is 7.34. The standard InChI is InChI=1S/C22H21N3O3/c1-13(26)23-16-8-7-14-11-15-5-4-6-17-19(15)20(18(14)12-16)22(28)25(21(17)27)10-9-24(2)3/h4-8,11-12H,9-10H2,1-3H3,(H,23,26). The lowest BCUT2D eigenvalue weighted by atomic mass is 9.89. The van der Waals surface area contributed by atoms with Crippen molar-refractivity contribution in [3.63, 3.8) is 0 Å². The van der Waals surface area contributed by atoms with Crippen molar-refractivity contribution >= 4 is 45.0 Å². The Morgan fingerprint density at radius 1 is 1.04 bits per heavy atom. The third-order valence-electron chi connectivity index (χ3n) is 5.01. The quantitative estimate of drug-likeness (QED) is 0.562. The molecule has 1 heterocycles. The minimum absolute atomic E-state index is 0.177. The summed E-state index contributed by atoms with van der Waals surface area (Å²) in [5.41, 5.74) is 1.68. The number of imide groups is 1. The van der Waals surface area contributed by atoms with Crippen LogP contribution >= 0.6 is 0 Å². The number of likely N-dealkylation sites (N-methyl/N-ethyl adjacent to an activating group) is 1. The molecule has 0 unspecified atom stereocenters. The number of carbonyl (C=O) groups excluding carboxylic acids is 3. The molecule has 0 radical (unpaired) electrons. The first kappa shape index (κ1) is 18.1. The third-order valence-corrected chi connectivity index (χ3v) is 5.01. The number of hydrogen-bond acceptors (Lipinski definition) is 4. The largest absolute Gasteiger partial charge is 0.326 e. The molecule has 0 aromatic heterocycles. The molecule has 0 aliphatic carbocycles. The Morgan fingerprint density at radius 2 is 1.82 bits per heavy atom. The number of carbonyl (C=O) groups is 3. The summed E-state index contributed by atoms with van der Waals surface area (Å²) in [6.45, 7) is 2.35. The van der Waals surface area contributed by atoms with Crippen LogP contribution in [0, 0.1) is 0 Å². The van der Waals surface area contributed by atoms with Gasteiger partial charge in [0.1, 0.15) is 0 Å². The average molecular weight is 375 g/mol. The van der Waals surface area contributed by atoms with Crippen LogP contribution in [0.3, 0.4) is 0 Å². The highest BCUT2D eigenvalue weighted by molar-refractivity contribution is 6.30. The van der Waals surface area contributed by atoms with Gasteiger partial charge in [-0.3, -0.25) is 19.3 Å². The Hall–Kier alpha value is -3.25. The number of benzene rings is 3. The SMILES string of the molecule is CC(=O)Nc1ccc2cc3cccc4c3c(c2c1)C(=O)N(CCN(C)C)C4=O. The van der Waals surface area contributed by atoms with Crippen LogP contribution in [0.1, 0.15) is 27.6 Å². The molecule has 1 aliphatic rings. The van der Waals surface area contributed by atoms with Crippen LogP contribution in [-0.4, -0.2) is 54.7 Å². The Labute approximate surface area is 162 Å². The summed E-state index contributed by atoms with van der Waals surface area (Å²) in [5, 5.41) is 5.94. The van der Waals surface area contributed by atoms with E-state index in [9.17, 15) is 14.4 Å². The highest BCUT2D eigenvalue weighted by Gasteiger charge is 2.34. The minimum atomic E-state index is -0.291. The molecule has 142 valence electrons. The minimum Gasteiger partial charge on any atom is -0.326 e. The second-order valence-corrected chi connectivity index (χ2v) is 7.34. The van der Waals surface area contributed by atoms with Crippen LogP contribution in [0.5, 0.6) is 0 Å². The molecule has 3 aromatic carbocycles. The van der Waals surface area contributed by atoms with Crippen LogP contribution in [-0.2, 0) is 4.79 Å². The fourth-order valence-corrected chi connectivity index (χ4v) is 3.73. The van der Waals surface area contributed by atoms with Crippen LogP contribution in [0.4, 0.5) is 5.69 Å². The van der Waals surface area contributed by atoms with E-state index < -0.39 is 0 Å². The van der Waals surface area contributed by atoms with Gasteiger partial charge in [-0.25, -0.2) is 0 Å². The van der Waals surface area contributed by atoms with Gasteiger partial charge >= 0.3 is 0 Å². The summed E-state index contributed by atoms with van der Waals surface area (Å²) < 4.78 is 0. The van der Waals surface area contributed by atoms with Crippen molar-refractivity contribution < 1.29 is 14.4 Å². The zero-order chi connectivity index (χ0) is 20.0. The molecule has 1 aliphatic heterocycles. The highest BCUT2D eigenvalue weighted by atomic mass is 16.2. The molecule has 0 fully saturated rings. The van der Waals surface area contributed by atoms with Gasteiger partial charge in [-0.1, -0.05) is 18.2 Å². The normalized spacial score (nSPS) is 13.6. The number of nitrogens with zero attached hydrogens (tertiary/aromatic N) is 2. The molecule has 4 rings (SSSR count). The van der Waals surface area contributed by atoms with Crippen molar-refractivity contribution in [1.82, 2.24) is 9.80 Å². The van der Waals surface area contributed by atoms with Crippen molar-refractivity contribution in [2.45, 2.75) is 6.92 Å². The Balaban J connectivity index is 1.98. The maximum Gasteiger partial charge on any atom is 0.262 e. The summed E-state index contributed by atoms with van der Waals surface area (Å²) in [6, 6.07) is 13.0. The molecule has 6 nitrogen and oxygen atoms in total. The van der Waals surface area contributed by atoms with Gasteiger partial charge < -0.3 is 10.2 Å². The van der Waals surface area contributed by atoms with Gasteiger partial charge in [-0.2, -0.15) is 0 Å². The molecular weight excluding hydrogens is 354 g/mol. The van der Waals surface area contributed by atoms with Gasteiger partial charge in [0.15, 0.2) is 0 Å². The Bertz CT molecular complexity index is 1150. The maximum atomic E-state index is 13.4. The maximum absolute atomic E-state index is 13.4. The average Bonchev–Trinajstić information content (AvgIpc) is 2.64. The molecule has 3 amide bonds. The number of nitrogens with one attached hydrogen (secondary N) is 1. The molecule has 0 saturated carbocycles.